The molecule has 108 valence electrons. The fourth-order valence-electron chi connectivity index (χ4n) is 2.23. The normalized spacial score (nSPS) is 17.9. The fraction of sp³-hybridized carbons (Fsp3) is 0.769. The van der Waals surface area contributed by atoms with Gasteiger partial charge in [-0.25, -0.2) is 0 Å². The van der Waals surface area contributed by atoms with Gasteiger partial charge in [0.1, 0.15) is 0 Å². The summed E-state index contributed by atoms with van der Waals surface area (Å²) in [6.07, 6.45) is 1.79. The second kappa shape index (κ2) is 7.11. The first kappa shape index (κ1) is 15.5. The van der Waals surface area contributed by atoms with Gasteiger partial charge < -0.3 is 15.3 Å². The van der Waals surface area contributed by atoms with Gasteiger partial charge in [0.25, 0.3) is 0 Å². The maximum Gasteiger partial charge on any atom is 0.308 e. The van der Waals surface area contributed by atoms with Crippen molar-refractivity contribution in [3.63, 3.8) is 0 Å². The molecule has 2 N–H and O–H groups in total. The molecule has 2 amide bonds. The number of nitrogens with zero attached hydrogens (tertiary/aromatic N) is 1. The summed E-state index contributed by atoms with van der Waals surface area (Å²) in [7, 11) is 0. The fourth-order valence-corrected chi connectivity index (χ4v) is 2.23. The number of carbonyl (C=O) groups excluding carboxylic acids is 2. The monoisotopic (exact) mass is 270 g/mol. The van der Waals surface area contributed by atoms with Crippen LogP contribution in [-0.2, 0) is 14.4 Å². The van der Waals surface area contributed by atoms with Crippen molar-refractivity contribution in [2.75, 3.05) is 19.6 Å². The van der Waals surface area contributed by atoms with Crippen LogP contribution in [0.5, 0.6) is 0 Å². The van der Waals surface area contributed by atoms with E-state index in [2.05, 4.69) is 5.32 Å². The lowest BCUT2D eigenvalue weighted by molar-refractivity contribution is -0.142. The Morgan fingerprint density at radius 3 is 2.32 bits per heavy atom. The molecular weight excluding hydrogens is 248 g/mol. The summed E-state index contributed by atoms with van der Waals surface area (Å²) < 4.78 is 0. The van der Waals surface area contributed by atoms with Crippen LogP contribution in [0.2, 0.25) is 0 Å². The zero-order valence-electron chi connectivity index (χ0n) is 11.5. The Labute approximate surface area is 113 Å². The summed E-state index contributed by atoms with van der Waals surface area (Å²) in [5.74, 6) is -1.57. The maximum atomic E-state index is 11.9. The quantitative estimate of drug-likeness (QED) is 0.760. The topological polar surface area (TPSA) is 86.7 Å². The number of carboxylic acid groups (broad SMARTS) is 1. The van der Waals surface area contributed by atoms with Gasteiger partial charge in [-0.1, -0.05) is 6.92 Å². The van der Waals surface area contributed by atoms with Crippen LogP contribution >= 0.6 is 0 Å². The number of hydrogen-bond donors (Lipinski definition) is 2. The molecule has 6 nitrogen and oxygen atoms in total. The molecule has 0 aromatic carbocycles. The van der Waals surface area contributed by atoms with Crippen LogP contribution in [-0.4, -0.2) is 47.4 Å². The van der Waals surface area contributed by atoms with Gasteiger partial charge in [0.15, 0.2) is 0 Å². The average molecular weight is 270 g/mol. The molecule has 0 aromatic rings. The predicted molar refractivity (Wildman–Crippen MR) is 69.4 cm³/mol. The number of rotatable bonds is 5. The standard InChI is InChI=1S/C13H22N2O4/c1-3-10(13(18)19)8-14-12(17)11-4-6-15(7-5-11)9(2)16/h10-11H,3-8H2,1-2H3,(H,14,17)(H,18,19). The molecule has 1 atom stereocenters. The Hall–Kier alpha value is -1.59. The number of likely N-dealkylation sites (tertiary alicyclic amines) is 1. The molecule has 0 saturated carbocycles. The van der Waals surface area contributed by atoms with E-state index in [4.69, 9.17) is 5.11 Å². The lowest BCUT2D eigenvalue weighted by Crippen LogP contribution is -2.43. The van der Waals surface area contributed by atoms with E-state index in [-0.39, 0.29) is 24.3 Å². The van der Waals surface area contributed by atoms with Crippen molar-refractivity contribution in [2.45, 2.75) is 33.1 Å². The summed E-state index contributed by atoms with van der Waals surface area (Å²) in [5, 5.41) is 11.6. The van der Waals surface area contributed by atoms with Gasteiger partial charge in [-0.2, -0.15) is 0 Å². The molecule has 19 heavy (non-hydrogen) atoms. The first-order valence-corrected chi connectivity index (χ1v) is 6.71. The molecule has 1 fully saturated rings. The number of hydrogen-bond acceptors (Lipinski definition) is 3. The van der Waals surface area contributed by atoms with E-state index in [9.17, 15) is 14.4 Å². The number of carbonyl (C=O) groups is 3. The zero-order chi connectivity index (χ0) is 14.4. The first-order valence-electron chi connectivity index (χ1n) is 6.71. The number of aliphatic carboxylic acids is 1. The molecule has 6 heteroatoms. The third-order valence-electron chi connectivity index (χ3n) is 3.68. The van der Waals surface area contributed by atoms with E-state index in [1.165, 1.54) is 6.92 Å². The molecule has 1 saturated heterocycles. The molecule has 0 aromatic heterocycles. The van der Waals surface area contributed by atoms with Crippen molar-refractivity contribution in [1.29, 1.82) is 0 Å². The Morgan fingerprint density at radius 2 is 1.89 bits per heavy atom. The van der Waals surface area contributed by atoms with Crippen LogP contribution in [0.3, 0.4) is 0 Å². The molecule has 0 spiro atoms. The second-order valence-electron chi connectivity index (χ2n) is 4.97. The van der Waals surface area contributed by atoms with Crippen LogP contribution in [0.1, 0.15) is 33.1 Å². The Bertz CT molecular complexity index is 349. The van der Waals surface area contributed by atoms with Gasteiger partial charge in [0.05, 0.1) is 5.92 Å². The van der Waals surface area contributed by atoms with Gasteiger partial charge in [-0.3, -0.25) is 14.4 Å². The average Bonchev–Trinajstić information content (AvgIpc) is 2.38. The molecule has 0 bridgehead atoms. The summed E-state index contributed by atoms with van der Waals surface area (Å²) >= 11 is 0. The van der Waals surface area contributed by atoms with E-state index in [1.807, 2.05) is 0 Å². The number of nitrogens with one attached hydrogen (secondary N) is 1. The van der Waals surface area contributed by atoms with Crippen LogP contribution in [0, 0.1) is 11.8 Å². The minimum atomic E-state index is -0.880. The Morgan fingerprint density at radius 1 is 1.32 bits per heavy atom. The summed E-state index contributed by atoms with van der Waals surface area (Å²) in [6, 6.07) is 0. The minimum Gasteiger partial charge on any atom is -0.481 e. The largest absolute Gasteiger partial charge is 0.481 e. The van der Waals surface area contributed by atoms with Crippen molar-refractivity contribution >= 4 is 17.8 Å². The lowest BCUT2D eigenvalue weighted by Gasteiger charge is -2.30. The maximum absolute atomic E-state index is 11.9. The third kappa shape index (κ3) is 4.54. The Balaban J connectivity index is 2.35. The molecule has 1 aliphatic rings. The van der Waals surface area contributed by atoms with Crippen LogP contribution in [0.25, 0.3) is 0 Å². The van der Waals surface area contributed by atoms with Gasteiger partial charge in [0, 0.05) is 32.5 Å². The van der Waals surface area contributed by atoms with Gasteiger partial charge in [-0.05, 0) is 19.3 Å². The zero-order valence-corrected chi connectivity index (χ0v) is 11.5. The summed E-state index contributed by atoms with van der Waals surface area (Å²) in [5.41, 5.74) is 0. The molecule has 1 heterocycles. The third-order valence-corrected chi connectivity index (χ3v) is 3.68. The molecular formula is C13H22N2O4. The van der Waals surface area contributed by atoms with Crippen molar-refractivity contribution in [3.05, 3.63) is 0 Å². The van der Waals surface area contributed by atoms with Crippen molar-refractivity contribution < 1.29 is 19.5 Å². The summed E-state index contributed by atoms with van der Waals surface area (Å²) in [6.45, 7) is 4.69. The highest BCUT2D eigenvalue weighted by molar-refractivity contribution is 5.80. The second-order valence-corrected chi connectivity index (χ2v) is 4.97. The Kier molecular flexibility index (Phi) is 5.79. The summed E-state index contributed by atoms with van der Waals surface area (Å²) in [4.78, 5) is 35.6. The highest BCUT2D eigenvalue weighted by Gasteiger charge is 2.26. The number of piperidine rings is 1. The predicted octanol–water partition coefficient (Wildman–Crippen LogP) is 0.472. The first-order chi connectivity index (χ1) is 8.95. The SMILES string of the molecule is CCC(CNC(=O)C1CCN(C(C)=O)CC1)C(=O)O. The van der Waals surface area contributed by atoms with Crippen molar-refractivity contribution in [1.82, 2.24) is 10.2 Å². The van der Waals surface area contributed by atoms with E-state index in [1.54, 1.807) is 11.8 Å². The molecule has 1 rings (SSSR count). The minimum absolute atomic E-state index is 0.0378. The van der Waals surface area contributed by atoms with Crippen LogP contribution in [0.4, 0.5) is 0 Å². The number of carboxylic acids is 1. The van der Waals surface area contributed by atoms with E-state index >= 15 is 0 Å². The highest BCUT2D eigenvalue weighted by atomic mass is 16.4. The smallest absolute Gasteiger partial charge is 0.308 e. The van der Waals surface area contributed by atoms with E-state index in [0.717, 1.165) is 0 Å². The molecule has 1 aliphatic heterocycles. The number of amides is 2. The van der Waals surface area contributed by atoms with Gasteiger partial charge >= 0.3 is 5.97 Å². The van der Waals surface area contributed by atoms with Gasteiger partial charge in [0.2, 0.25) is 11.8 Å². The molecule has 1 unspecified atom stereocenters. The van der Waals surface area contributed by atoms with Crippen LogP contribution < -0.4 is 5.32 Å². The van der Waals surface area contributed by atoms with Gasteiger partial charge in [-0.15, -0.1) is 0 Å². The molecule has 0 radical (unpaired) electrons. The van der Waals surface area contributed by atoms with E-state index < -0.39 is 11.9 Å². The molecule has 0 aliphatic carbocycles. The van der Waals surface area contributed by atoms with Crippen molar-refractivity contribution in [3.8, 4) is 0 Å². The van der Waals surface area contributed by atoms with E-state index in [0.29, 0.717) is 32.4 Å². The lowest BCUT2D eigenvalue weighted by atomic mass is 9.95. The van der Waals surface area contributed by atoms with Crippen LogP contribution in [0.15, 0.2) is 0 Å². The van der Waals surface area contributed by atoms with Crippen molar-refractivity contribution in [2.24, 2.45) is 11.8 Å². The highest BCUT2D eigenvalue weighted by Crippen LogP contribution is 2.17.